The second kappa shape index (κ2) is 3.94. The summed E-state index contributed by atoms with van der Waals surface area (Å²) >= 11 is 0. The van der Waals surface area contributed by atoms with Crippen LogP contribution in [0.4, 0.5) is 0 Å². The molecule has 1 radical (unpaired) electrons. The molecule has 0 bridgehead atoms. The van der Waals surface area contributed by atoms with Crippen molar-refractivity contribution in [1.82, 2.24) is 10.6 Å². The van der Waals surface area contributed by atoms with Crippen molar-refractivity contribution in [1.29, 1.82) is 0 Å². The monoisotopic (exact) mass is 141 g/mol. The van der Waals surface area contributed by atoms with E-state index in [0.717, 1.165) is 25.6 Å². The van der Waals surface area contributed by atoms with Gasteiger partial charge in [0, 0.05) is 25.7 Å². The lowest BCUT2D eigenvalue weighted by molar-refractivity contribution is 0.358. The van der Waals surface area contributed by atoms with Gasteiger partial charge in [-0.2, -0.15) is 0 Å². The first-order valence-corrected chi connectivity index (χ1v) is 4.15. The van der Waals surface area contributed by atoms with Gasteiger partial charge in [0.05, 0.1) is 0 Å². The Morgan fingerprint density at radius 3 is 2.90 bits per heavy atom. The van der Waals surface area contributed by atoms with E-state index in [1.54, 1.807) is 0 Å². The van der Waals surface area contributed by atoms with E-state index in [4.69, 9.17) is 0 Å². The Balaban J connectivity index is 2.13. The molecule has 1 aliphatic heterocycles. The Labute approximate surface area is 63.4 Å². The van der Waals surface area contributed by atoms with Crippen molar-refractivity contribution in [3.8, 4) is 0 Å². The van der Waals surface area contributed by atoms with Crippen molar-refractivity contribution < 1.29 is 0 Å². The smallest absolute Gasteiger partial charge is 0.0288 e. The molecule has 0 aliphatic carbocycles. The van der Waals surface area contributed by atoms with Crippen LogP contribution in [-0.4, -0.2) is 25.7 Å². The van der Waals surface area contributed by atoms with E-state index in [1.807, 2.05) is 0 Å². The van der Waals surface area contributed by atoms with Gasteiger partial charge in [0.15, 0.2) is 0 Å². The third-order valence-corrected chi connectivity index (χ3v) is 1.81. The molecule has 0 spiro atoms. The summed E-state index contributed by atoms with van der Waals surface area (Å²) in [5.41, 5.74) is 0. The van der Waals surface area contributed by atoms with Crippen LogP contribution in [0.5, 0.6) is 0 Å². The van der Waals surface area contributed by atoms with E-state index >= 15 is 0 Å². The molecular weight excluding hydrogens is 124 g/mol. The van der Waals surface area contributed by atoms with Crippen molar-refractivity contribution in [3.63, 3.8) is 0 Å². The average molecular weight is 141 g/mol. The minimum Gasteiger partial charge on any atom is -0.311 e. The van der Waals surface area contributed by atoms with Crippen molar-refractivity contribution >= 4 is 0 Å². The zero-order valence-electron chi connectivity index (χ0n) is 6.93. The number of nitrogens with zero attached hydrogens (tertiary/aromatic N) is 1. The molecule has 59 valence electrons. The molecule has 0 amide bonds. The molecule has 1 fully saturated rings. The Hall–Kier alpha value is -0.0800. The summed E-state index contributed by atoms with van der Waals surface area (Å²) < 4.78 is 0. The fourth-order valence-electron chi connectivity index (χ4n) is 1.39. The molecule has 2 nitrogen and oxygen atoms in total. The molecule has 1 N–H and O–H groups in total. The lowest BCUT2D eigenvalue weighted by Crippen LogP contribution is -2.45. The number of hydrogen-bond donors (Lipinski definition) is 1. The number of nitrogens with one attached hydrogen (secondary N) is 1. The van der Waals surface area contributed by atoms with E-state index in [0.29, 0.717) is 6.04 Å². The van der Waals surface area contributed by atoms with Crippen LogP contribution in [0.2, 0.25) is 0 Å². The summed E-state index contributed by atoms with van der Waals surface area (Å²) in [5.74, 6) is 0.797. The van der Waals surface area contributed by atoms with Crippen molar-refractivity contribution in [3.05, 3.63) is 0 Å². The van der Waals surface area contributed by atoms with Crippen LogP contribution in [0.3, 0.4) is 0 Å². The summed E-state index contributed by atoms with van der Waals surface area (Å²) in [5, 5.41) is 7.81. The molecule has 1 heterocycles. The van der Waals surface area contributed by atoms with Gasteiger partial charge >= 0.3 is 0 Å². The van der Waals surface area contributed by atoms with Crippen LogP contribution < -0.4 is 10.6 Å². The third-order valence-electron chi connectivity index (χ3n) is 1.81. The van der Waals surface area contributed by atoms with Gasteiger partial charge in [0.25, 0.3) is 0 Å². The molecule has 1 saturated heterocycles. The van der Waals surface area contributed by atoms with E-state index in [-0.39, 0.29) is 0 Å². The van der Waals surface area contributed by atoms with Crippen molar-refractivity contribution in [2.45, 2.75) is 26.3 Å². The maximum Gasteiger partial charge on any atom is 0.0288 e. The standard InChI is InChI=1S/C8H17N2/c1-7(2)5-8-6-9-3-4-10-8/h7-8,10H,3-6H2,1-2H3/t8-/m0/s1. The van der Waals surface area contributed by atoms with Gasteiger partial charge in [0.2, 0.25) is 0 Å². The molecule has 2 heteroatoms. The quantitative estimate of drug-likeness (QED) is 0.599. The highest BCUT2D eigenvalue weighted by molar-refractivity contribution is 4.75. The molecular formula is C8H17N2. The first kappa shape index (κ1) is 8.02. The van der Waals surface area contributed by atoms with Crippen molar-refractivity contribution in [2.24, 2.45) is 5.92 Å². The first-order chi connectivity index (χ1) is 4.79. The predicted octanol–water partition coefficient (Wildman–Crippen LogP) is 0.609. The SMILES string of the molecule is CC(C)C[C@H]1C[N]CCN1. The van der Waals surface area contributed by atoms with Crippen LogP contribution >= 0.6 is 0 Å². The Kier molecular flexibility index (Phi) is 3.16. The van der Waals surface area contributed by atoms with Crippen LogP contribution in [-0.2, 0) is 0 Å². The number of piperazine rings is 1. The second-order valence-electron chi connectivity index (χ2n) is 3.41. The Morgan fingerprint density at radius 2 is 2.40 bits per heavy atom. The zero-order valence-corrected chi connectivity index (χ0v) is 6.93. The van der Waals surface area contributed by atoms with Gasteiger partial charge in [-0.1, -0.05) is 13.8 Å². The van der Waals surface area contributed by atoms with Gasteiger partial charge in [-0.05, 0) is 12.3 Å². The fraction of sp³-hybridized carbons (Fsp3) is 1.00. The van der Waals surface area contributed by atoms with Crippen LogP contribution in [0, 0.1) is 5.92 Å². The minimum absolute atomic E-state index is 0.661. The Bertz CT molecular complexity index is 85.3. The summed E-state index contributed by atoms with van der Waals surface area (Å²) in [4.78, 5) is 0. The van der Waals surface area contributed by atoms with Gasteiger partial charge in [-0.15, -0.1) is 0 Å². The van der Waals surface area contributed by atoms with Gasteiger partial charge < -0.3 is 5.32 Å². The van der Waals surface area contributed by atoms with Gasteiger partial charge in [-0.25, -0.2) is 5.32 Å². The normalized spacial score (nSPS) is 27.3. The Morgan fingerprint density at radius 1 is 1.60 bits per heavy atom. The number of hydrogen-bond acceptors (Lipinski definition) is 1. The highest BCUT2D eigenvalue weighted by Crippen LogP contribution is 2.05. The molecule has 1 aliphatic rings. The first-order valence-electron chi connectivity index (χ1n) is 4.15. The van der Waals surface area contributed by atoms with Crippen LogP contribution in [0.1, 0.15) is 20.3 Å². The highest BCUT2D eigenvalue weighted by Gasteiger charge is 2.13. The van der Waals surface area contributed by atoms with E-state index in [1.165, 1.54) is 6.42 Å². The van der Waals surface area contributed by atoms with Crippen molar-refractivity contribution in [2.75, 3.05) is 19.6 Å². The molecule has 0 aromatic rings. The largest absolute Gasteiger partial charge is 0.311 e. The zero-order chi connectivity index (χ0) is 7.40. The minimum atomic E-state index is 0.661. The summed E-state index contributed by atoms with van der Waals surface area (Å²) in [6, 6.07) is 0.661. The third kappa shape index (κ3) is 2.67. The highest BCUT2D eigenvalue weighted by atomic mass is 15.0. The molecule has 0 aromatic heterocycles. The summed E-state index contributed by atoms with van der Waals surface area (Å²) in [6.45, 7) is 7.64. The van der Waals surface area contributed by atoms with Crippen LogP contribution in [0.15, 0.2) is 0 Å². The molecule has 0 unspecified atom stereocenters. The molecule has 1 rings (SSSR count). The maximum absolute atomic E-state index is 4.35. The maximum atomic E-state index is 4.35. The lowest BCUT2D eigenvalue weighted by Gasteiger charge is -2.24. The van der Waals surface area contributed by atoms with E-state index < -0.39 is 0 Å². The second-order valence-corrected chi connectivity index (χ2v) is 3.41. The topological polar surface area (TPSA) is 26.1 Å². The average Bonchev–Trinajstić information content (AvgIpc) is 1.88. The summed E-state index contributed by atoms with van der Waals surface area (Å²) in [6.07, 6.45) is 1.27. The molecule has 0 saturated carbocycles. The van der Waals surface area contributed by atoms with Gasteiger partial charge in [-0.3, -0.25) is 0 Å². The fourth-order valence-corrected chi connectivity index (χ4v) is 1.39. The molecule has 10 heavy (non-hydrogen) atoms. The van der Waals surface area contributed by atoms with Crippen LogP contribution in [0.25, 0.3) is 0 Å². The van der Waals surface area contributed by atoms with E-state index in [9.17, 15) is 0 Å². The molecule has 1 atom stereocenters. The van der Waals surface area contributed by atoms with E-state index in [2.05, 4.69) is 24.5 Å². The predicted molar refractivity (Wildman–Crippen MR) is 43.1 cm³/mol. The lowest BCUT2D eigenvalue weighted by atomic mass is 10.0. The number of rotatable bonds is 2. The van der Waals surface area contributed by atoms with Gasteiger partial charge in [0.1, 0.15) is 0 Å². The summed E-state index contributed by atoms with van der Waals surface area (Å²) in [7, 11) is 0. The molecule has 0 aromatic carbocycles.